The maximum atomic E-state index is 11.6. The number of rotatable bonds is 2. The summed E-state index contributed by atoms with van der Waals surface area (Å²) in [7, 11) is 1.44. The molecule has 4 nitrogen and oxygen atoms in total. The zero-order chi connectivity index (χ0) is 10.6. The topological polar surface area (TPSA) is 41.6 Å². The van der Waals surface area contributed by atoms with Gasteiger partial charge in [0.05, 0.1) is 7.11 Å². The van der Waals surface area contributed by atoms with Gasteiger partial charge in [-0.3, -0.25) is 9.69 Å². The first kappa shape index (κ1) is 14.7. The lowest BCUT2D eigenvalue weighted by Crippen LogP contribution is -2.51. The van der Waals surface area contributed by atoms with Gasteiger partial charge in [0, 0.05) is 19.6 Å². The number of nitrogens with zero attached hydrogens (tertiary/aromatic N) is 1. The molecule has 1 N–H and O–H groups in total. The molecule has 0 unspecified atom stereocenters. The predicted octanol–water partition coefficient (Wildman–Crippen LogP) is 0.655. The van der Waals surface area contributed by atoms with Gasteiger partial charge >= 0.3 is 5.97 Å². The second kappa shape index (κ2) is 6.30. The molecule has 1 rings (SSSR count). The van der Waals surface area contributed by atoms with Crippen LogP contribution in [0, 0.1) is 0 Å². The average Bonchev–Trinajstić information content (AvgIpc) is 2.44. The maximum Gasteiger partial charge on any atom is 0.325 e. The molecule has 0 aromatic heterocycles. The second-order valence-electron chi connectivity index (χ2n) is 4.14. The van der Waals surface area contributed by atoms with Gasteiger partial charge in [0.1, 0.15) is 5.54 Å². The van der Waals surface area contributed by atoms with Crippen LogP contribution in [0.3, 0.4) is 0 Å². The van der Waals surface area contributed by atoms with Crippen LogP contribution in [-0.2, 0) is 9.53 Å². The molecule has 1 saturated heterocycles. The summed E-state index contributed by atoms with van der Waals surface area (Å²) in [6, 6.07) is 0. The van der Waals surface area contributed by atoms with Gasteiger partial charge in [-0.2, -0.15) is 0 Å². The molecule has 1 heterocycles. The Morgan fingerprint density at radius 2 is 2.00 bits per heavy atom. The van der Waals surface area contributed by atoms with Crippen molar-refractivity contribution in [2.75, 3.05) is 33.3 Å². The molecule has 1 aliphatic heterocycles. The van der Waals surface area contributed by atoms with Crippen LogP contribution >= 0.6 is 12.4 Å². The Morgan fingerprint density at radius 1 is 1.33 bits per heavy atom. The monoisotopic (exact) mass is 236 g/mol. The second-order valence-corrected chi connectivity index (χ2v) is 4.14. The average molecular weight is 237 g/mol. The molecule has 1 fully saturated rings. The molecular weight excluding hydrogens is 216 g/mol. The van der Waals surface area contributed by atoms with E-state index in [1.165, 1.54) is 7.11 Å². The largest absolute Gasteiger partial charge is 0.468 e. The summed E-state index contributed by atoms with van der Waals surface area (Å²) in [4.78, 5) is 13.7. The first-order chi connectivity index (χ1) is 6.59. The Bertz CT molecular complexity index is 202. The van der Waals surface area contributed by atoms with Gasteiger partial charge < -0.3 is 10.1 Å². The van der Waals surface area contributed by atoms with Crippen LogP contribution in [0.5, 0.6) is 0 Å². The highest BCUT2D eigenvalue weighted by atomic mass is 35.5. The summed E-state index contributed by atoms with van der Waals surface area (Å²) >= 11 is 0. The number of carbonyl (C=O) groups is 1. The normalized spacial score (nSPS) is 18.9. The molecule has 0 bridgehead atoms. The van der Waals surface area contributed by atoms with Crippen molar-refractivity contribution < 1.29 is 9.53 Å². The van der Waals surface area contributed by atoms with E-state index < -0.39 is 5.54 Å². The summed E-state index contributed by atoms with van der Waals surface area (Å²) in [5, 5.41) is 3.31. The molecule has 0 aromatic rings. The zero-order valence-corrected chi connectivity index (χ0v) is 10.5. The van der Waals surface area contributed by atoms with Crippen molar-refractivity contribution in [1.82, 2.24) is 10.2 Å². The molecule has 1 aliphatic rings. The molecule has 0 spiro atoms. The van der Waals surface area contributed by atoms with E-state index >= 15 is 0 Å². The number of methoxy groups -OCH3 is 1. The number of nitrogens with one attached hydrogen (secondary N) is 1. The van der Waals surface area contributed by atoms with Gasteiger partial charge in [0.25, 0.3) is 0 Å². The van der Waals surface area contributed by atoms with E-state index in [1.54, 1.807) is 0 Å². The summed E-state index contributed by atoms with van der Waals surface area (Å²) in [6.45, 7) is 7.68. The summed E-state index contributed by atoms with van der Waals surface area (Å²) in [5.41, 5.74) is -0.499. The molecule has 5 heteroatoms. The lowest BCUT2D eigenvalue weighted by Gasteiger charge is -2.34. The molecule has 0 amide bonds. The Hall–Kier alpha value is -0.320. The van der Waals surface area contributed by atoms with Crippen molar-refractivity contribution in [1.29, 1.82) is 0 Å². The van der Waals surface area contributed by atoms with Gasteiger partial charge in [-0.05, 0) is 26.8 Å². The smallest absolute Gasteiger partial charge is 0.325 e. The highest BCUT2D eigenvalue weighted by molar-refractivity contribution is 5.85. The number of carbonyl (C=O) groups excluding carboxylic acids is 1. The fourth-order valence-electron chi connectivity index (χ4n) is 1.78. The number of ether oxygens (including phenoxy) is 1. The Morgan fingerprint density at radius 3 is 2.60 bits per heavy atom. The Kier molecular flexibility index (Phi) is 6.17. The van der Waals surface area contributed by atoms with Crippen LogP contribution in [0.4, 0.5) is 0 Å². The van der Waals surface area contributed by atoms with Gasteiger partial charge in [0.2, 0.25) is 0 Å². The number of esters is 1. The van der Waals surface area contributed by atoms with Crippen molar-refractivity contribution in [3.05, 3.63) is 0 Å². The molecule has 0 radical (unpaired) electrons. The van der Waals surface area contributed by atoms with Gasteiger partial charge in [0.15, 0.2) is 0 Å². The van der Waals surface area contributed by atoms with Crippen molar-refractivity contribution in [3.63, 3.8) is 0 Å². The summed E-state index contributed by atoms with van der Waals surface area (Å²) < 4.78 is 4.81. The van der Waals surface area contributed by atoms with E-state index in [-0.39, 0.29) is 18.4 Å². The van der Waals surface area contributed by atoms with Crippen LogP contribution in [0.2, 0.25) is 0 Å². The third-order valence-electron chi connectivity index (χ3n) is 2.82. The van der Waals surface area contributed by atoms with Crippen LogP contribution in [-0.4, -0.2) is 49.7 Å². The van der Waals surface area contributed by atoms with Crippen LogP contribution in [0.25, 0.3) is 0 Å². The lowest BCUT2D eigenvalue weighted by molar-refractivity contribution is -0.153. The first-order valence-corrected chi connectivity index (χ1v) is 5.13. The maximum absolute atomic E-state index is 11.6. The fourth-order valence-corrected chi connectivity index (χ4v) is 1.78. The summed E-state index contributed by atoms with van der Waals surface area (Å²) in [5.74, 6) is -0.153. The molecule has 0 saturated carbocycles. The van der Waals surface area contributed by atoms with E-state index in [2.05, 4.69) is 10.2 Å². The highest BCUT2D eigenvalue weighted by Crippen LogP contribution is 2.16. The Balaban J connectivity index is 0.00000196. The van der Waals surface area contributed by atoms with Crippen molar-refractivity contribution in [2.24, 2.45) is 0 Å². The van der Waals surface area contributed by atoms with Gasteiger partial charge in [-0.15, -0.1) is 12.4 Å². The molecular formula is C10H21ClN2O2. The first-order valence-electron chi connectivity index (χ1n) is 5.13. The fraction of sp³-hybridized carbons (Fsp3) is 0.900. The van der Waals surface area contributed by atoms with Crippen LogP contribution in [0.1, 0.15) is 20.3 Å². The minimum Gasteiger partial charge on any atom is -0.468 e. The molecule has 0 aliphatic carbocycles. The van der Waals surface area contributed by atoms with E-state index in [9.17, 15) is 4.79 Å². The molecule has 90 valence electrons. The van der Waals surface area contributed by atoms with Gasteiger partial charge in [-0.25, -0.2) is 0 Å². The van der Waals surface area contributed by atoms with E-state index in [0.717, 1.165) is 32.6 Å². The van der Waals surface area contributed by atoms with Gasteiger partial charge in [-0.1, -0.05) is 0 Å². The third-order valence-corrected chi connectivity index (χ3v) is 2.82. The summed E-state index contributed by atoms with van der Waals surface area (Å²) in [6.07, 6.45) is 1.08. The Labute approximate surface area is 97.8 Å². The van der Waals surface area contributed by atoms with Crippen LogP contribution < -0.4 is 5.32 Å². The van der Waals surface area contributed by atoms with Crippen molar-refractivity contribution in [2.45, 2.75) is 25.8 Å². The quantitative estimate of drug-likeness (QED) is 0.716. The van der Waals surface area contributed by atoms with E-state index in [4.69, 9.17) is 4.74 Å². The number of hydrogen-bond donors (Lipinski definition) is 1. The van der Waals surface area contributed by atoms with Crippen molar-refractivity contribution >= 4 is 18.4 Å². The van der Waals surface area contributed by atoms with Crippen molar-refractivity contribution in [3.8, 4) is 0 Å². The number of halogens is 1. The minimum absolute atomic E-state index is 0. The predicted molar refractivity (Wildman–Crippen MR) is 62.4 cm³/mol. The van der Waals surface area contributed by atoms with Crippen LogP contribution in [0.15, 0.2) is 0 Å². The highest BCUT2D eigenvalue weighted by Gasteiger charge is 2.35. The zero-order valence-electron chi connectivity index (χ0n) is 9.71. The molecule has 0 atom stereocenters. The van der Waals surface area contributed by atoms with E-state index in [1.807, 2.05) is 13.8 Å². The third kappa shape index (κ3) is 3.63. The SMILES string of the molecule is COC(=O)C(C)(C)N1CCCNCC1.Cl. The minimum atomic E-state index is -0.499. The standard InChI is InChI=1S/C10H20N2O2.ClH/c1-10(2,9(13)14-3)12-7-4-5-11-6-8-12;/h11H,4-8H2,1-3H3;1H. The molecule has 0 aromatic carbocycles. The lowest BCUT2D eigenvalue weighted by atomic mass is 10.0. The molecule has 15 heavy (non-hydrogen) atoms. The number of hydrogen-bond acceptors (Lipinski definition) is 4. The van der Waals surface area contributed by atoms with E-state index in [0.29, 0.717) is 0 Å².